The Kier molecular flexibility index (Phi) is 4.67. The second-order valence-electron chi connectivity index (χ2n) is 6.24. The smallest absolute Gasteiger partial charge is 0.135 e. The van der Waals surface area contributed by atoms with Gasteiger partial charge in [0.2, 0.25) is 0 Å². The third kappa shape index (κ3) is 4.07. The van der Waals surface area contributed by atoms with Gasteiger partial charge in [0.1, 0.15) is 16.8 Å². The molecule has 3 nitrogen and oxygen atoms in total. The van der Waals surface area contributed by atoms with Crippen LogP contribution in [0.25, 0.3) is 0 Å². The van der Waals surface area contributed by atoms with E-state index in [9.17, 15) is 0 Å². The minimum absolute atomic E-state index is 0.533. The Bertz CT molecular complexity index is 419. The van der Waals surface area contributed by atoms with Gasteiger partial charge in [0.05, 0.1) is 0 Å². The molecule has 0 aromatic carbocycles. The molecular formula is C15H24ClN3. The van der Waals surface area contributed by atoms with Crippen molar-refractivity contribution in [2.24, 2.45) is 17.8 Å². The predicted octanol–water partition coefficient (Wildman–Crippen LogP) is 4.35. The average Bonchev–Trinajstić information content (AvgIpc) is 3.11. The first kappa shape index (κ1) is 14.6. The molecule has 106 valence electrons. The Morgan fingerprint density at radius 1 is 1.21 bits per heavy atom. The zero-order valence-electron chi connectivity index (χ0n) is 12.3. The summed E-state index contributed by atoms with van der Waals surface area (Å²) in [5, 5.41) is 3.98. The van der Waals surface area contributed by atoms with E-state index in [1.54, 1.807) is 0 Å². The highest BCUT2D eigenvalue weighted by molar-refractivity contribution is 6.29. The Labute approximate surface area is 121 Å². The maximum Gasteiger partial charge on any atom is 0.135 e. The summed E-state index contributed by atoms with van der Waals surface area (Å²) in [5.74, 6) is 4.26. The van der Waals surface area contributed by atoms with Crippen molar-refractivity contribution in [3.63, 3.8) is 0 Å². The molecule has 1 heterocycles. The highest BCUT2D eigenvalue weighted by Crippen LogP contribution is 2.38. The first-order valence-electron chi connectivity index (χ1n) is 7.25. The Hall–Kier alpha value is -0.830. The molecule has 0 aliphatic heterocycles. The largest absolute Gasteiger partial charge is 0.370 e. The molecule has 19 heavy (non-hydrogen) atoms. The van der Waals surface area contributed by atoms with Gasteiger partial charge in [-0.15, -0.1) is 0 Å². The van der Waals surface area contributed by atoms with Gasteiger partial charge in [0.15, 0.2) is 0 Å². The summed E-state index contributed by atoms with van der Waals surface area (Å²) in [4.78, 5) is 8.89. The van der Waals surface area contributed by atoms with Crippen molar-refractivity contribution >= 4 is 17.4 Å². The average molecular weight is 282 g/mol. The standard InChI is InChI=1S/C15H24ClN3/c1-9(2)12(10(3)4)8-17-14-7-13(16)18-15(19-14)11-5-6-11/h7,9-12H,5-6,8H2,1-4H3,(H,17,18,19). The van der Waals surface area contributed by atoms with E-state index in [0.29, 0.717) is 28.8 Å². The summed E-state index contributed by atoms with van der Waals surface area (Å²) in [6, 6.07) is 1.82. The van der Waals surface area contributed by atoms with Crippen molar-refractivity contribution in [3.05, 3.63) is 17.0 Å². The van der Waals surface area contributed by atoms with Crippen LogP contribution in [0.4, 0.5) is 5.82 Å². The summed E-state index contributed by atoms with van der Waals surface area (Å²) in [5.41, 5.74) is 0. The summed E-state index contributed by atoms with van der Waals surface area (Å²) in [6.45, 7) is 10.0. The van der Waals surface area contributed by atoms with Gasteiger partial charge in [-0.1, -0.05) is 39.3 Å². The van der Waals surface area contributed by atoms with Crippen LogP contribution >= 0.6 is 11.6 Å². The van der Waals surface area contributed by atoms with E-state index >= 15 is 0 Å². The highest BCUT2D eigenvalue weighted by atomic mass is 35.5. The van der Waals surface area contributed by atoms with Crippen molar-refractivity contribution in [1.82, 2.24) is 9.97 Å². The van der Waals surface area contributed by atoms with Crippen molar-refractivity contribution in [2.75, 3.05) is 11.9 Å². The van der Waals surface area contributed by atoms with E-state index in [2.05, 4.69) is 43.0 Å². The Balaban J connectivity index is 2.02. The molecule has 1 aromatic rings. The van der Waals surface area contributed by atoms with Crippen LogP contribution in [0.3, 0.4) is 0 Å². The third-order valence-corrected chi connectivity index (χ3v) is 4.08. The monoisotopic (exact) mass is 281 g/mol. The van der Waals surface area contributed by atoms with E-state index in [1.807, 2.05) is 6.07 Å². The fourth-order valence-corrected chi connectivity index (χ4v) is 2.70. The lowest BCUT2D eigenvalue weighted by atomic mass is 9.85. The molecule has 1 aliphatic rings. The molecule has 4 heteroatoms. The molecule has 1 N–H and O–H groups in total. The lowest BCUT2D eigenvalue weighted by Gasteiger charge is -2.25. The molecule has 2 rings (SSSR count). The normalized spacial score (nSPS) is 15.6. The molecule has 1 aromatic heterocycles. The fourth-order valence-electron chi connectivity index (χ4n) is 2.51. The van der Waals surface area contributed by atoms with Gasteiger partial charge < -0.3 is 5.32 Å². The zero-order valence-corrected chi connectivity index (χ0v) is 13.0. The van der Waals surface area contributed by atoms with Crippen LogP contribution in [0, 0.1) is 17.8 Å². The first-order chi connectivity index (χ1) is 8.97. The van der Waals surface area contributed by atoms with Gasteiger partial charge in [-0.2, -0.15) is 0 Å². The minimum Gasteiger partial charge on any atom is -0.370 e. The Morgan fingerprint density at radius 3 is 2.37 bits per heavy atom. The molecule has 1 fully saturated rings. The molecule has 0 saturated heterocycles. The number of halogens is 1. The molecule has 1 aliphatic carbocycles. The maximum atomic E-state index is 6.07. The molecule has 0 amide bonds. The van der Waals surface area contributed by atoms with Crippen molar-refractivity contribution in [2.45, 2.75) is 46.5 Å². The van der Waals surface area contributed by atoms with Crippen LogP contribution in [0.2, 0.25) is 5.15 Å². The van der Waals surface area contributed by atoms with Crippen LogP contribution in [0.5, 0.6) is 0 Å². The van der Waals surface area contributed by atoms with E-state index < -0.39 is 0 Å². The van der Waals surface area contributed by atoms with Crippen molar-refractivity contribution in [3.8, 4) is 0 Å². The van der Waals surface area contributed by atoms with Gasteiger partial charge in [0.25, 0.3) is 0 Å². The van der Waals surface area contributed by atoms with E-state index in [1.165, 1.54) is 12.8 Å². The highest BCUT2D eigenvalue weighted by Gasteiger charge is 2.27. The molecule has 0 atom stereocenters. The van der Waals surface area contributed by atoms with Gasteiger partial charge in [-0.05, 0) is 30.6 Å². The topological polar surface area (TPSA) is 37.8 Å². The minimum atomic E-state index is 0.533. The molecule has 1 saturated carbocycles. The van der Waals surface area contributed by atoms with Crippen LogP contribution in [-0.4, -0.2) is 16.5 Å². The van der Waals surface area contributed by atoms with Crippen molar-refractivity contribution in [1.29, 1.82) is 0 Å². The van der Waals surface area contributed by atoms with Crippen LogP contribution in [0.15, 0.2) is 6.07 Å². The lowest BCUT2D eigenvalue weighted by Crippen LogP contribution is -2.25. The van der Waals surface area contributed by atoms with Crippen molar-refractivity contribution < 1.29 is 0 Å². The lowest BCUT2D eigenvalue weighted by molar-refractivity contribution is 0.304. The molecule has 0 unspecified atom stereocenters. The van der Waals surface area contributed by atoms with E-state index in [-0.39, 0.29) is 0 Å². The van der Waals surface area contributed by atoms with Gasteiger partial charge in [-0.3, -0.25) is 0 Å². The molecule has 0 radical (unpaired) electrons. The van der Waals surface area contributed by atoms with Gasteiger partial charge >= 0.3 is 0 Å². The summed E-state index contributed by atoms with van der Waals surface area (Å²) < 4.78 is 0. The summed E-state index contributed by atoms with van der Waals surface area (Å²) in [7, 11) is 0. The second kappa shape index (κ2) is 6.08. The fraction of sp³-hybridized carbons (Fsp3) is 0.733. The third-order valence-electron chi connectivity index (χ3n) is 3.89. The molecule has 0 bridgehead atoms. The van der Waals surface area contributed by atoms with Crippen LogP contribution < -0.4 is 5.32 Å². The second-order valence-corrected chi connectivity index (χ2v) is 6.63. The SMILES string of the molecule is CC(C)C(CNc1cc(Cl)nc(C2CC2)n1)C(C)C. The number of aromatic nitrogens is 2. The number of anilines is 1. The number of hydrogen-bond donors (Lipinski definition) is 1. The number of rotatable bonds is 6. The van der Waals surface area contributed by atoms with E-state index in [4.69, 9.17) is 11.6 Å². The molecular weight excluding hydrogens is 258 g/mol. The van der Waals surface area contributed by atoms with Crippen LogP contribution in [-0.2, 0) is 0 Å². The summed E-state index contributed by atoms with van der Waals surface area (Å²) >= 11 is 6.07. The quantitative estimate of drug-likeness (QED) is 0.788. The van der Waals surface area contributed by atoms with Crippen LogP contribution in [0.1, 0.15) is 52.3 Å². The first-order valence-corrected chi connectivity index (χ1v) is 7.63. The van der Waals surface area contributed by atoms with Gasteiger partial charge in [0, 0.05) is 18.5 Å². The van der Waals surface area contributed by atoms with Gasteiger partial charge in [-0.25, -0.2) is 9.97 Å². The number of hydrogen-bond acceptors (Lipinski definition) is 3. The Morgan fingerprint density at radius 2 is 1.84 bits per heavy atom. The predicted molar refractivity (Wildman–Crippen MR) is 80.7 cm³/mol. The summed E-state index contributed by atoms with van der Waals surface area (Å²) in [6.07, 6.45) is 2.39. The zero-order chi connectivity index (χ0) is 14.0. The number of nitrogens with zero attached hydrogens (tertiary/aromatic N) is 2. The van der Waals surface area contributed by atoms with E-state index in [0.717, 1.165) is 18.2 Å². The molecule has 0 spiro atoms. The maximum absolute atomic E-state index is 6.07. The number of nitrogens with one attached hydrogen (secondary N) is 1.